The third-order valence-electron chi connectivity index (χ3n) is 7.34. The first-order valence-corrected chi connectivity index (χ1v) is 15.3. The van der Waals surface area contributed by atoms with Crippen LogP contribution in [-0.2, 0) is 10.0 Å². The number of aromatic nitrogens is 1. The number of sulfonamides is 1. The van der Waals surface area contributed by atoms with Crippen LogP contribution in [0.5, 0.6) is 0 Å². The molecule has 1 aliphatic carbocycles. The third kappa shape index (κ3) is 6.84. The molecule has 2 heterocycles. The fraction of sp³-hybridized carbons (Fsp3) is 0.600. The molecule has 1 saturated carbocycles. The van der Waals surface area contributed by atoms with Gasteiger partial charge < -0.3 is 16.0 Å². The van der Waals surface area contributed by atoms with Crippen LogP contribution in [0.25, 0.3) is 0 Å². The molecule has 2 aromatic rings. The van der Waals surface area contributed by atoms with Crippen LogP contribution in [0.1, 0.15) is 66.6 Å². The number of carbonyl (C=O) groups is 1. The number of piperidine rings is 1. The van der Waals surface area contributed by atoms with Crippen LogP contribution in [0.2, 0.25) is 0 Å². The normalized spacial score (nSPS) is 18.4. The van der Waals surface area contributed by atoms with E-state index in [9.17, 15) is 22.0 Å². The van der Waals surface area contributed by atoms with E-state index in [-0.39, 0.29) is 22.5 Å². The second-order valence-electron chi connectivity index (χ2n) is 9.92. The van der Waals surface area contributed by atoms with Gasteiger partial charge in [-0.15, -0.1) is 0 Å². The maximum absolute atomic E-state index is 14.0. The second kappa shape index (κ2) is 12.1. The average Bonchev–Trinajstić information content (AvgIpc) is 3.24. The van der Waals surface area contributed by atoms with E-state index >= 15 is 0 Å². The molecule has 1 aromatic carbocycles. The molecule has 2 fully saturated rings. The van der Waals surface area contributed by atoms with E-state index in [0.29, 0.717) is 43.5 Å². The van der Waals surface area contributed by atoms with Gasteiger partial charge in [-0.1, -0.05) is 36.7 Å². The molecule has 204 valence electrons. The fourth-order valence-corrected chi connectivity index (χ4v) is 7.59. The van der Waals surface area contributed by atoms with Crippen molar-refractivity contribution in [3.8, 4) is 0 Å². The molecule has 3 N–H and O–H groups in total. The van der Waals surface area contributed by atoms with Crippen molar-refractivity contribution in [2.75, 3.05) is 43.5 Å². The molecule has 2 aliphatic rings. The second-order valence-corrected chi connectivity index (χ2v) is 13.0. The predicted molar refractivity (Wildman–Crippen MR) is 142 cm³/mol. The molecule has 4 rings (SSSR count). The molecule has 1 aliphatic heterocycles. The molecule has 12 heteroatoms. The minimum absolute atomic E-state index is 0.0373. The molecular formula is C25H35F2N5O3S2. The first kappa shape index (κ1) is 27.9. The topological polar surface area (TPSA) is 109 Å². The van der Waals surface area contributed by atoms with Crippen molar-refractivity contribution >= 4 is 38.1 Å². The summed E-state index contributed by atoms with van der Waals surface area (Å²) in [5.74, 6) is -2.72. The van der Waals surface area contributed by atoms with Gasteiger partial charge in [0.1, 0.15) is 22.3 Å². The molecule has 1 saturated heterocycles. The van der Waals surface area contributed by atoms with Crippen LogP contribution in [-0.4, -0.2) is 72.9 Å². The van der Waals surface area contributed by atoms with Crippen LogP contribution < -0.4 is 11.1 Å². The number of benzene rings is 1. The van der Waals surface area contributed by atoms with Crippen molar-refractivity contribution in [1.29, 1.82) is 0 Å². The highest BCUT2D eigenvalue weighted by molar-refractivity contribution is 7.89. The van der Waals surface area contributed by atoms with E-state index < -0.39 is 33.0 Å². The number of nitrogens with two attached hydrogens (primary N) is 1. The summed E-state index contributed by atoms with van der Waals surface area (Å²) in [7, 11) is -1.23. The van der Waals surface area contributed by atoms with Gasteiger partial charge in [0.25, 0.3) is 0 Å². The van der Waals surface area contributed by atoms with Crippen LogP contribution in [0, 0.1) is 11.6 Å². The number of carbonyl (C=O) groups excluding carboxylic acids is 1. The molecular weight excluding hydrogens is 520 g/mol. The van der Waals surface area contributed by atoms with Crippen LogP contribution in [0.15, 0.2) is 18.2 Å². The Labute approximate surface area is 221 Å². The Morgan fingerprint density at radius 1 is 1.16 bits per heavy atom. The summed E-state index contributed by atoms with van der Waals surface area (Å²) in [5.41, 5.74) is 5.22. The molecule has 0 atom stereocenters. The smallest absolute Gasteiger partial charge is 0.214 e. The number of hydrogen-bond acceptors (Lipinski definition) is 8. The van der Waals surface area contributed by atoms with Crippen molar-refractivity contribution in [3.63, 3.8) is 0 Å². The highest BCUT2D eigenvalue weighted by atomic mass is 32.2. The maximum atomic E-state index is 14.0. The summed E-state index contributed by atoms with van der Waals surface area (Å²) in [6, 6.07) is 3.74. The Hall–Kier alpha value is -2.15. The third-order valence-corrected chi connectivity index (χ3v) is 10.3. The molecule has 1 aromatic heterocycles. The monoisotopic (exact) mass is 555 g/mol. The summed E-state index contributed by atoms with van der Waals surface area (Å²) < 4.78 is 55.4. The standard InChI is InChI=1S/C25H35F2N5O3S2/c1-31(18-7-3-2-4-8-18)13-6-16-37(34,35)32-14-11-17(12-15-32)29-25-30-24(28)23(36-25)22(33)21-19(26)9-5-10-20(21)27/h5,9-10,17-18H,2-4,6-8,11-16,28H2,1H3,(H,29,30). The first-order chi connectivity index (χ1) is 17.7. The van der Waals surface area contributed by atoms with E-state index in [1.54, 1.807) is 4.31 Å². The van der Waals surface area contributed by atoms with E-state index in [4.69, 9.17) is 5.73 Å². The zero-order valence-electron chi connectivity index (χ0n) is 21.1. The molecule has 8 nitrogen and oxygen atoms in total. The summed E-state index contributed by atoms with van der Waals surface area (Å²) in [6.07, 6.45) is 7.97. The van der Waals surface area contributed by atoms with E-state index in [2.05, 4.69) is 22.2 Å². The van der Waals surface area contributed by atoms with Gasteiger partial charge in [0, 0.05) is 25.2 Å². The summed E-state index contributed by atoms with van der Waals surface area (Å²) in [6.45, 7) is 1.57. The van der Waals surface area contributed by atoms with Crippen LogP contribution >= 0.6 is 11.3 Å². The molecule has 0 unspecified atom stereocenters. The van der Waals surface area contributed by atoms with E-state index in [0.717, 1.165) is 30.0 Å². The minimum Gasteiger partial charge on any atom is -0.382 e. The van der Waals surface area contributed by atoms with Crippen LogP contribution in [0.4, 0.5) is 19.7 Å². The Morgan fingerprint density at radius 2 is 1.81 bits per heavy atom. The van der Waals surface area contributed by atoms with Gasteiger partial charge in [-0.2, -0.15) is 0 Å². The summed E-state index contributed by atoms with van der Waals surface area (Å²) in [4.78, 5) is 19.1. The molecule has 0 amide bonds. The number of hydrogen-bond donors (Lipinski definition) is 2. The molecule has 0 bridgehead atoms. The number of ketones is 1. The van der Waals surface area contributed by atoms with Gasteiger partial charge in [-0.3, -0.25) is 4.79 Å². The van der Waals surface area contributed by atoms with Crippen molar-refractivity contribution in [3.05, 3.63) is 40.3 Å². The van der Waals surface area contributed by atoms with Gasteiger partial charge >= 0.3 is 0 Å². The van der Waals surface area contributed by atoms with Crippen molar-refractivity contribution < 1.29 is 22.0 Å². The predicted octanol–water partition coefficient (Wildman–Crippen LogP) is 4.10. The summed E-state index contributed by atoms with van der Waals surface area (Å²) in [5, 5.41) is 3.57. The number of halogens is 2. The zero-order valence-corrected chi connectivity index (χ0v) is 22.7. The number of nitrogen functional groups attached to an aromatic ring is 1. The Kier molecular flexibility index (Phi) is 9.15. The van der Waals surface area contributed by atoms with E-state index in [1.807, 2.05) is 0 Å². The minimum atomic E-state index is -3.33. The fourth-order valence-electron chi connectivity index (χ4n) is 5.17. The number of anilines is 2. The highest BCUT2D eigenvalue weighted by Gasteiger charge is 2.30. The summed E-state index contributed by atoms with van der Waals surface area (Å²) >= 11 is 0.939. The lowest BCUT2D eigenvalue weighted by Crippen LogP contribution is -2.43. The Balaban J connectivity index is 1.27. The average molecular weight is 556 g/mol. The molecule has 0 radical (unpaired) electrons. The zero-order chi connectivity index (χ0) is 26.6. The van der Waals surface area contributed by atoms with Gasteiger partial charge in [-0.05, 0) is 57.8 Å². The largest absolute Gasteiger partial charge is 0.382 e. The van der Waals surface area contributed by atoms with Gasteiger partial charge in [-0.25, -0.2) is 26.5 Å². The SMILES string of the molecule is CN(CCCS(=O)(=O)N1CCC(Nc2nc(N)c(C(=O)c3c(F)cccc3F)s2)CC1)C1CCCCC1. The molecule has 37 heavy (non-hydrogen) atoms. The lowest BCUT2D eigenvalue weighted by Gasteiger charge is -2.33. The van der Waals surface area contributed by atoms with Gasteiger partial charge in [0.05, 0.1) is 11.3 Å². The number of rotatable bonds is 10. The molecule has 0 spiro atoms. The Morgan fingerprint density at radius 3 is 2.46 bits per heavy atom. The maximum Gasteiger partial charge on any atom is 0.214 e. The van der Waals surface area contributed by atoms with Crippen LogP contribution in [0.3, 0.4) is 0 Å². The number of nitrogens with one attached hydrogen (secondary N) is 1. The van der Waals surface area contributed by atoms with Crippen molar-refractivity contribution in [1.82, 2.24) is 14.2 Å². The van der Waals surface area contributed by atoms with Crippen molar-refractivity contribution in [2.24, 2.45) is 0 Å². The van der Waals surface area contributed by atoms with E-state index in [1.165, 1.54) is 38.2 Å². The first-order valence-electron chi connectivity index (χ1n) is 12.9. The number of thiazole rings is 1. The number of nitrogens with zero attached hydrogens (tertiary/aromatic N) is 3. The lowest BCUT2D eigenvalue weighted by atomic mass is 9.94. The Bertz CT molecular complexity index is 1170. The van der Waals surface area contributed by atoms with Gasteiger partial charge in [0.2, 0.25) is 15.8 Å². The van der Waals surface area contributed by atoms with Gasteiger partial charge in [0.15, 0.2) is 5.13 Å². The van der Waals surface area contributed by atoms with Crippen molar-refractivity contribution in [2.45, 2.75) is 63.5 Å². The lowest BCUT2D eigenvalue weighted by molar-refractivity contribution is 0.103. The highest BCUT2D eigenvalue weighted by Crippen LogP contribution is 2.31. The quantitative estimate of drug-likeness (QED) is 0.425.